The number of benzene rings is 5. The number of hydrogen-bond acceptors (Lipinski definition) is 11. The first-order chi connectivity index (χ1) is 28.7. The van der Waals surface area contributed by atoms with E-state index in [4.69, 9.17) is 23.7 Å². The number of rotatable bonds is 11. The summed E-state index contributed by atoms with van der Waals surface area (Å²) in [5.41, 5.74) is -1.36. The Morgan fingerprint density at radius 2 is 1.05 bits per heavy atom. The second-order valence-corrected chi connectivity index (χ2v) is 13.9. The molecule has 0 aromatic heterocycles. The van der Waals surface area contributed by atoms with Crippen LogP contribution in [0, 0.1) is 0 Å². The lowest BCUT2D eigenvalue weighted by Crippen LogP contribution is -2.62. The smallest absolute Gasteiger partial charge is 0.416 e. The fraction of sp³-hybridized carbons (Fsp3) is 0.209. The van der Waals surface area contributed by atoms with Gasteiger partial charge >= 0.3 is 30.3 Å². The summed E-state index contributed by atoms with van der Waals surface area (Å²) in [6, 6.07) is 30.8. The van der Waals surface area contributed by atoms with Gasteiger partial charge in [0.1, 0.15) is 18.8 Å². The summed E-state index contributed by atoms with van der Waals surface area (Å²) in [4.78, 5) is 44.4. The SMILES string of the molecule is O=C(OC[C@H]1O[C@H](OC(=Nc2ccc(C(F)(F)F)cc2)SCc2ccc(C(F)(F)F)cc2)[C@H](OC(=O)c2ccccc2)[C@@H](OC(=O)c2ccccc2)[C@@H]1O)c1ccccc1. The molecule has 1 saturated heterocycles. The van der Waals surface area contributed by atoms with E-state index in [1.807, 2.05) is 0 Å². The molecule has 5 aromatic rings. The number of aliphatic hydroxyl groups is 1. The van der Waals surface area contributed by atoms with E-state index < -0.39 is 78.7 Å². The summed E-state index contributed by atoms with van der Waals surface area (Å²) >= 11 is 0.781. The summed E-state index contributed by atoms with van der Waals surface area (Å²) in [6.45, 7) is -0.655. The highest BCUT2D eigenvalue weighted by Crippen LogP contribution is 2.34. The highest BCUT2D eigenvalue weighted by Gasteiger charge is 2.52. The molecule has 0 unspecified atom stereocenters. The van der Waals surface area contributed by atoms with Crippen LogP contribution in [0.1, 0.15) is 47.8 Å². The molecule has 1 aliphatic rings. The zero-order valence-corrected chi connectivity index (χ0v) is 31.7. The van der Waals surface area contributed by atoms with Gasteiger partial charge in [-0.25, -0.2) is 19.4 Å². The highest BCUT2D eigenvalue weighted by atomic mass is 32.2. The van der Waals surface area contributed by atoms with E-state index >= 15 is 0 Å². The normalized spacial score (nSPS) is 19.5. The Kier molecular flexibility index (Phi) is 13.9. The number of aliphatic hydroxyl groups excluding tert-OH is 1. The number of ether oxygens (including phenoxy) is 5. The van der Waals surface area contributed by atoms with Crippen molar-refractivity contribution in [3.63, 3.8) is 0 Å². The van der Waals surface area contributed by atoms with Gasteiger partial charge in [0.05, 0.1) is 33.5 Å². The van der Waals surface area contributed by atoms with E-state index in [-0.39, 0.29) is 33.4 Å². The minimum absolute atomic E-state index is 0.0353. The number of hydrogen-bond donors (Lipinski definition) is 1. The lowest BCUT2D eigenvalue weighted by atomic mass is 9.98. The molecule has 0 saturated carbocycles. The predicted octanol–water partition coefficient (Wildman–Crippen LogP) is 9.06. The van der Waals surface area contributed by atoms with Gasteiger partial charge in [0.15, 0.2) is 6.10 Å². The zero-order chi connectivity index (χ0) is 42.9. The number of carbonyl (C=O) groups is 3. The van der Waals surface area contributed by atoms with Crippen molar-refractivity contribution in [2.75, 3.05) is 6.61 Å². The number of halogens is 6. The van der Waals surface area contributed by atoms with Gasteiger partial charge in [0, 0.05) is 5.75 Å². The van der Waals surface area contributed by atoms with Gasteiger partial charge in [-0.05, 0) is 78.4 Å². The van der Waals surface area contributed by atoms with Gasteiger partial charge in [-0.2, -0.15) is 26.3 Å². The van der Waals surface area contributed by atoms with Crippen LogP contribution in [0.3, 0.4) is 0 Å². The molecular formula is C43H33F6NO9S. The van der Waals surface area contributed by atoms with Crippen LogP contribution in [0.15, 0.2) is 145 Å². The standard InChI is InChI=1S/C43H33F6NO9S/c44-42(45,46)30-18-16-26(17-19-30)25-60-41(50-32-22-20-31(21-23-32)43(47,48)49)59-40-36(58-39(54)29-14-8-3-9-15-29)35(57-38(53)28-12-6-2-7-13-28)34(51)33(56-40)24-55-37(52)27-10-4-1-5-11-27/h1-23,33-36,40,51H,24-25H2/t33-,34-,35+,36-,40-/m1/s1. The Morgan fingerprint density at radius 1 is 0.600 bits per heavy atom. The first-order valence-electron chi connectivity index (χ1n) is 17.9. The second-order valence-electron chi connectivity index (χ2n) is 13.0. The number of alkyl halides is 6. The molecule has 60 heavy (non-hydrogen) atoms. The fourth-order valence-electron chi connectivity index (χ4n) is 5.69. The molecule has 5 aromatic carbocycles. The average molecular weight is 854 g/mol. The van der Waals surface area contributed by atoms with Crippen LogP contribution in [-0.2, 0) is 41.8 Å². The molecule has 1 fully saturated rings. The third kappa shape index (κ3) is 11.5. The van der Waals surface area contributed by atoms with Gasteiger partial charge in [-0.1, -0.05) is 78.5 Å². The van der Waals surface area contributed by atoms with E-state index in [2.05, 4.69) is 4.99 Å². The topological polar surface area (TPSA) is 130 Å². The van der Waals surface area contributed by atoms with Gasteiger partial charge < -0.3 is 28.8 Å². The Morgan fingerprint density at radius 3 is 1.53 bits per heavy atom. The quantitative estimate of drug-likeness (QED) is 0.0452. The van der Waals surface area contributed by atoms with E-state index in [9.17, 15) is 45.8 Å². The monoisotopic (exact) mass is 853 g/mol. The Bertz CT molecular complexity index is 2240. The zero-order valence-electron chi connectivity index (χ0n) is 30.9. The molecular weight excluding hydrogens is 821 g/mol. The molecule has 5 atom stereocenters. The third-order valence-electron chi connectivity index (χ3n) is 8.79. The molecule has 1 aliphatic heterocycles. The fourth-order valence-corrected chi connectivity index (χ4v) is 6.50. The van der Waals surface area contributed by atoms with Crippen molar-refractivity contribution in [3.8, 4) is 0 Å². The van der Waals surface area contributed by atoms with Crippen LogP contribution in [0.25, 0.3) is 0 Å². The first kappa shape index (κ1) is 43.4. The van der Waals surface area contributed by atoms with Crippen molar-refractivity contribution in [1.82, 2.24) is 0 Å². The molecule has 17 heteroatoms. The molecule has 312 valence electrons. The summed E-state index contributed by atoms with van der Waals surface area (Å²) in [7, 11) is 0. The molecule has 6 rings (SSSR count). The van der Waals surface area contributed by atoms with E-state index in [1.165, 1.54) is 48.5 Å². The molecule has 0 aliphatic carbocycles. The van der Waals surface area contributed by atoms with Gasteiger partial charge in [-0.3, -0.25) is 0 Å². The van der Waals surface area contributed by atoms with Crippen LogP contribution in [0.5, 0.6) is 0 Å². The summed E-state index contributed by atoms with van der Waals surface area (Å²) in [5, 5.41) is 11.4. The van der Waals surface area contributed by atoms with Crippen LogP contribution < -0.4 is 0 Å². The predicted molar refractivity (Wildman–Crippen MR) is 205 cm³/mol. The second kappa shape index (κ2) is 19.3. The number of carbonyl (C=O) groups excluding carboxylic acids is 3. The summed E-state index contributed by atoms with van der Waals surface area (Å²) in [6.07, 6.45) is -18.1. The maximum absolute atomic E-state index is 13.6. The molecule has 1 heterocycles. The Labute approximate surface area is 342 Å². The number of aliphatic imine (C=N–C) groups is 1. The summed E-state index contributed by atoms with van der Waals surface area (Å²) < 4.78 is 109. The van der Waals surface area contributed by atoms with Gasteiger partial charge in [0.2, 0.25) is 12.4 Å². The van der Waals surface area contributed by atoms with Crippen molar-refractivity contribution in [2.45, 2.75) is 48.8 Å². The highest BCUT2D eigenvalue weighted by molar-refractivity contribution is 8.12. The first-order valence-corrected chi connectivity index (χ1v) is 18.9. The molecule has 0 spiro atoms. The molecule has 1 N–H and O–H groups in total. The average Bonchev–Trinajstić information content (AvgIpc) is 3.24. The Hall–Kier alpha value is -6.17. The van der Waals surface area contributed by atoms with E-state index in [0.717, 1.165) is 48.2 Å². The summed E-state index contributed by atoms with van der Waals surface area (Å²) in [5.74, 6) is -2.85. The van der Waals surface area contributed by atoms with E-state index in [0.29, 0.717) is 5.56 Å². The van der Waals surface area contributed by atoms with E-state index in [1.54, 1.807) is 54.6 Å². The molecule has 10 nitrogen and oxygen atoms in total. The minimum Gasteiger partial charge on any atom is -0.459 e. The number of esters is 3. The van der Waals surface area contributed by atoms with Crippen molar-refractivity contribution in [2.24, 2.45) is 4.99 Å². The van der Waals surface area contributed by atoms with Crippen molar-refractivity contribution in [1.29, 1.82) is 0 Å². The number of nitrogens with zero attached hydrogens (tertiary/aromatic N) is 1. The lowest BCUT2D eigenvalue weighted by molar-refractivity contribution is -0.278. The molecule has 0 radical (unpaired) electrons. The third-order valence-corrected chi connectivity index (χ3v) is 9.70. The maximum atomic E-state index is 13.6. The molecule has 0 bridgehead atoms. The van der Waals surface area contributed by atoms with Crippen LogP contribution in [0.2, 0.25) is 0 Å². The van der Waals surface area contributed by atoms with Crippen LogP contribution in [0.4, 0.5) is 32.0 Å². The largest absolute Gasteiger partial charge is 0.459 e. The van der Waals surface area contributed by atoms with Gasteiger partial charge in [0.25, 0.3) is 5.23 Å². The number of thioether (sulfide) groups is 1. The van der Waals surface area contributed by atoms with Gasteiger partial charge in [-0.15, -0.1) is 0 Å². The minimum atomic E-state index is -4.67. The van der Waals surface area contributed by atoms with Crippen molar-refractivity contribution >= 4 is 40.6 Å². The molecule has 0 amide bonds. The van der Waals surface area contributed by atoms with Crippen LogP contribution >= 0.6 is 11.8 Å². The Balaban J connectivity index is 1.38. The lowest BCUT2D eigenvalue weighted by Gasteiger charge is -2.42. The van der Waals surface area contributed by atoms with Crippen LogP contribution in [-0.4, -0.2) is 65.6 Å². The maximum Gasteiger partial charge on any atom is 0.416 e. The van der Waals surface area contributed by atoms with Crippen molar-refractivity contribution < 1.29 is 69.5 Å². The van der Waals surface area contributed by atoms with Crippen molar-refractivity contribution in [3.05, 3.63) is 173 Å².